The van der Waals surface area contributed by atoms with Crippen LogP contribution in [0.2, 0.25) is 0 Å². The van der Waals surface area contributed by atoms with Crippen molar-refractivity contribution in [3.63, 3.8) is 0 Å². The average Bonchev–Trinajstić information content (AvgIpc) is 2.83. The van der Waals surface area contributed by atoms with Crippen molar-refractivity contribution < 1.29 is 32.6 Å². The highest BCUT2D eigenvalue weighted by molar-refractivity contribution is 5.96. The first-order valence-electron chi connectivity index (χ1n) is 11.4. The molecule has 4 rings (SSSR count). The van der Waals surface area contributed by atoms with Crippen molar-refractivity contribution in [2.24, 2.45) is 0 Å². The van der Waals surface area contributed by atoms with Gasteiger partial charge in [0.05, 0.1) is 25.3 Å². The van der Waals surface area contributed by atoms with Crippen molar-refractivity contribution >= 4 is 11.8 Å². The predicted octanol–water partition coefficient (Wildman–Crippen LogP) is 1.87. The number of aromatic nitrogens is 1. The number of carbonyl (C=O) groups is 2. The second-order valence-corrected chi connectivity index (χ2v) is 9.01. The van der Waals surface area contributed by atoms with E-state index in [4.69, 9.17) is 4.74 Å². The van der Waals surface area contributed by atoms with E-state index in [1.165, 1.54) is 0 Å². The van der Waals surface area contributed by atoms with E-state index in [-0.39, 0.29) is 12.6 Å². The summed E-state index contributed by atoms with van der Waals surface area (Å²) in [6.07, 6.45) is 4.48. The van der Waals surface area contributed by atoms with Gasteiger partial charge in [0, 0.05) is 42.5 Å². The van der Waals surface area contributed by atoms with E-state index < -0.39 is 40.4 Å². The molecular weight excluding hydrogens is 465 g/mol. The Hall–Kier alpha value is -3.18. The van der Waals surface area contributed by atoms with Gasteiger partial charge < -0.3 is 20.5 Å². The Morgan fingerprint density at radius 2 is 1.83 bits per heavy atom. The van der Waals surface area contributed by atoms with Gasteiger partial charge in [-0.25, -0.2) is 18.2 Å². The highest BCUT2D eigenvalue weighted by atomic mass is 19.2. The van der Waals surface area contributed by atoms with Gasteiger partial charge in [-0.15, -0.1) is 0 Å². The van der Waals surface area contributed by atoms with Crippen LogP contribution >= 0.6 is 0 Å². The molecule has 188 valence electrons. The van der Waals surface area contributed by atoms with Gasteiger partial charge in [-0.2, -0.15) is 0 Å². The molecule has 1 aromatic heterocycles. The Bertz CT molecular complexity index is 1060. The van der Waals surface area contributed by atoms with Gasteiger partial charge in [0.25, 0.3) is 5.91 Å². The van der Waals surface area contributed by atoms with Crippen LogP contribution in [0.5, 0.6) is 5.88 Å². The summed E-state index contributed by atoms with van der Waals surface area (Å²) in [7, 11) is 1.54. The topological polar surface area (TPSA) is 104 Å². The number of hydrogen-bond acceptors (Lipinski definition) is 6. The van der Waals surface area contributed by atoms with Crippen molar-refractivity contribution in [2.45, 2.75) is 43.4 Å². The minimum Gasteiger partial charge on any atom is -0.481 e. The van der Waals surface area contributed by atoms with E-state index in [1.807, 2.05) is 6.07 Å². The zero-order valence-corrected chi connectivity index (χ0v) is 19.2. The van der Waals surface area contributed by atoms with E-state index in [2.05, 4.69) is 20.5 Å². The molecule has 1 aliphatic heterocycles. The fourth-order valence-corrected chi connectivity index (χ4v) is 4.64. The SMILES string of the molecule is COc1ccc([C@]2(O)CC[C@H](N3CC(NC(=O)CNC(=O)c4cc(F)c(F)c(F)c4)C3)CC2)cn1. The van der Waals surface area contributed by atoms with Gasteiger partial charge in [-0.1, -0.05) is 0 Å². The Labute approximate surface area is 200 Å². The molecule has 11 heteroatoms. The van der Waals surface area contributed by atoms with Gasteiger partial charge >= 0.3 is 0 Å². The number of benzene rings is 1. The van der Waals surface area contributed by atoms with Crippen LogP contribution in [-0.4, -0.2) is 65.6 Å². The predicted molar refractivity (Wildman–Crippen MR) is 119 cm³/mol. The molecule has 0 spiro atoms. The number of amides is 2. The molecule has 0 atom stereocenters. The maximum absolute atomic E-state index is 13.3. The van der Waals surface area contributed by atoms with Crippen LogP contribution in [0.15, 0.2) is 30.5 Å². The molecular formula is C24H27F3N4O4. The second-order valence-electron chi connectivity index (χ2n) is 9.01. The minimum atomic E-state index is -1.66. The number of ether oxygens (including phenoxy) is 1. The molecule has 8 nitrogen and oxygen atoms in total. The first kappa shape index (κ1) is 24.9. The maximum Gasteiger partial charge on any atom is 0.251 e. The highest BCUT2D eigenvalue weighted by Gasteiger charge is 2.40. The normalized spacial score (nSPS) is 22.8. The molecule has 1 aromatic carbocycles. The molecule has 0 bridgehead atoms. The van der Waals surface area contributed by atoms with E-state index >= 15 is 0 Å². The fourth-order valence-electron chi connectivity index (χ4n) is 4.64. The Morgan fingerprint density at radius 3 is 2.40 bits per heavy atom. The molecule has 0 radical (unpaired) electrons. The molecule has 2 heterocycles. The van der Waals surface area contributed by atoms with Crippen LogP contribution in [0, 0.1) is 17.5 Å². The molecule has 0 unspecified atom stereocenters. The van der Waals surface area contributed by atoms with Gasteiger partial charge in [-0.05, 0) is 43.9 Å². The molecule has 35 heavy (non-hydrogen) atoms. The van der Waals surface area contributed by atoms with E-state index in [9.17, 15) is 27.9 Å². The second kappa shape index (κ2) is 10.2. The zero-order valence-electron chi connectivity index (χ0n) is 19.2. The molecule has 2 amide bonds. The highest BCUT2D eigenvalue weighted by Crippen LogP contribution is 2.39. The number of nitrogens with zero attached hydrogens (tertiary/aromatic N) is 2. The lowest BCUT2D eigenvalue weighted by atomic mass is 9.77. The third-order valence-corrected chi connectivity index (χ3v) is 6.71. The first-order chi connectivity index (χ1) is 16.7. The molecule has 3 N–H and O–H groups in total. The van der Waals surface area contributed by atoms with Gasteiger partial charge in [-0.3, -0.25) is 14.5 Å². The summed E-state index contributed by atoms with van der Waals surface area (Å²) in [6.45, 7) is 0.935. The summed E-state index contributed by atoms with van der Waals surface area (Å²) < 4.78 is 44.6. The summed E-state index contributed by atoms with van der Waals surface area (Å²) in [5.74, 6) is -5.43. The minimum absolute atomic E-state index is 0.0771. The smallest absolute Gasteiger partial charge is 0.251 e. The van der Waals surface area contributed by atoms with Crippen LogP contribution in [0.3, 0.4) is 0 Å². The molecule has 2 aromatic rings. The zero-order chi connectivity index (χ0) is 25.2. The van der Waals surface area contributed by atoms with Gasteiger partial charge in [0.1, 0.15) is 0 Å². The number of nitrogens with one attached hydrogen (secondary N) is 2. The number of pyridine rings is 1. The maximum atomic E-state index is 13.3. The summed E-state index contributed by atoms with van der Waals surface area (Å²) in [4.78, 5) is 30.6. The van der Waals surface area contributed by atoms with Gasteiger partial charge in [0.15, 0.2) is 17.5 Å². The third kappa shape index (κ3) is 5.57. The van der Waals surface area contributed by atoms with Crippen LogP contribution in [0.25, 0.3) is 0 Å². The lowest BCUT2D eigenvalue weighted by Gasteiger charge is -2.48. The molecule has 1 saturated heterocycles. The average molecular weight is 492 g/mol. The van der Waals surface area contributed by atoms with Crippen LogP contribution in [0.4, 0.5) is 13.2 Å². The summed E-state index contributed by atoms with van der Waals surface area (Å²) in [6, 6.07) is 4.95. The third-order valence-electron chi connectivity index (χ3n) is 6.71. The molecule has 1 aliphatic carbocycles. The van der Waals surface area contributed by atoms with E-state index in [1.54, 1.807) is 19.4 Å². The lowest BCUT2D eigenvalue weighted by Crippen LogP contribution is -2.63. The number of carbonyl (C=O) groups excluding carboxylic acids is 2. The quantitative estimate of drug-likeness (QED) is 0.510. The number of halogens is 3. The Balaban J connectivity index is 1.18. The number of likely N-dealkylation sites (tertiary alicyclic amines) is 1. The largest absolute Gasteiger partial charge is 0.481 e. The van der Waals surface area contributed by atoms with Crippen LogP contribution < -0.4 is 15.4 Å². The molecule has 1 saturated carbocycles. The van der Waals surface area contributed by atoms with Crippen LogP contribution in [0.1, 0.15) is 41.6 Å². The standard InChI is InChI=1S/C24H27F3N4O4/c1-35-21-3-2-15(10-28-21)24(34)6-4-17(5-7-24)31-12-16(13-31)30-20(32)11-29-23(33)14-8-18(25)22(27)19(26)9-14/h2-3,8-10,16-17,34H,4-7,11-13H2,1H3,(H,29,33)(H,30,32)/t17-,24-. The van der Waals surface area contributed by atoms with Crippen molar-refractivity contribution in [3.8, 4) is 5.88 Å². The first-order valence-corrected chi connectivity index (χ1v) is 11.4. The number of rotatable bonds is 7. The summed E-state index contributed by atoms with van der Waals surface area (Å²) in [5, 5.41) is 16.1. The molecule has 2 aliphatic rings. The Morgan fingerprint density at radius 1 is 1.17 bits per heavy atom. The van der Waals surface area contributed by atoms with E-state index in [0.717, 1.165) is 18.4 Å². The monoisotopic (exact) mass is 492 g/mol. The van der Waals surface area contributed by atoms with Crippen molar-refractivity contribution in [1.29, 1.82) is 0 Å². The van der Waals surface area contributed by atoms with E-state index in [0.29, 0.717) is 50.0 Å². The van der Waals surface area contributed by atoms with Crippen LogP contribution in [-0.2, 0) is 10.4 Å². The fraction of sp³-hybridized carbons (Fsp3) is 0.458. The molecule has 2 fully saturated rings. The number of aliphatic hydroxyl groups is 1. The summed E-state index contributed by atoms with van der Waals surface area (Å²) in [5.41, 5.74) is -0.548. The summed E-state index contributed by atoms with van der Waals surface area (Å²) >= 11 is 0. The number of methoxy groups -OCH3 is 1. The van der Waals surface area contributed by atoms with Gasteiger partial charge in [0.2, 0.25) is 11.8 Å². The van der Waals surface area contributed by atoms with Crippen molar-refractivity contribution in [3.05, 3.63) is 59.0 Å². The van der Waals surface area contributed by atoms with Crippen molar-refractivity contribution in [1.82, 2.24) is 20.5 Å². The van der Waals surface area contributed by atoms with Crippen molar-refractivity contribution in [2.75, 3.05) is 26.7 Å². The lowest BCUT2D eigenvalue weighted by molar-refractivity contribution is -0.122. The Kier molecular flexibility index (Phi) is 7.27. The number of hydrogen-bond donors (Lipinski definition) is 3.